The van der Waals surface area contributed by atoms with E-state index in [1.807, 2.05) is 0 Å². The van der Waals surface area contributed by atoms with E-state index in [-0.39, 0.29) is 21.7 Å². The van der Waals surface area contributed by atoms with Gasteiger partial charge in [-0.15, -0.1) is 0 Å². The molecule has 1 aliphatic heterocycles. The molecule has 0 fully saturated rings. The average Bonchev–Trinajstić information content (AvgIpc) is 3.73. The van der Waals surface area contributed by atoms with E-state index in [1.54, 1.807) is 0 Å². The molecule has 70 heavy (non-hydrogen) atoms. The van der Waals surface area contributed by atoms with Gasteiger partial charge in [0, 0.05) is 39.1 Å². The van der Waals surface area contributed by atoms with Crippen LogP contribution in [0.4, 0.5) is 28.4 Å². The number of hydrogen-bond acceptors (Lipinski definition) is 3. The second kappa shape index (κ2) is 15.9. The molecular weight excluding hydrogens is 848 g/mol. The molecule has 0 bridgehead atoms. The lowest BCUT2D eigenvalue weighted by molar-refractivity contribution is 0.332. The van der Waals surface area contributed by atoms with Gasteiger partial charge in [0.15, 0.2) is 12.9 Å². The predicted molar refractivity (Wildman–Crippen MR) is 300 cm³/mol. The van der Waals surface area contributed by atoms with Crippen molar-refractivity contribution >= 4 is 68.6 Å². The number of nitrogens with zero attached hydrogens (tertiary/aromatic N) is 1. The van der Waals surface area contributed by atoms with Gasteiger partial charge in [-0.05, 0) is 170 Å². The van der Waals surface area contributed by atoms with Gasteiger partial charge in [0.2, 0.25) is 0 Å². The highest BCUT2D eigenvalue weighted by Gasteiger charge is 2.41. The summed E-state index contributed by atoms with van der Waals surface area (Å²) in [5.41, 5.74) is 25.4. The van der Waals surface area contributed by atoms with Gasteiger partial charge in [-0.3, -0.25) is 0 Å². The Hall–Kier alpha value is -6.78. The van der Waals surface area contributed by atoms with Crippen molar-refractivity contribution in [2.45, 2.75) is 117 Å². The van der Waals surface area contributed by atoms with E-state index < -0.39 is 0 Å². The topological polar surface area (TPSA) is 28.4 Å². The molecule has 8 aromatic carbocycles. The normalized spacial score (nSPS) is 17.0. The van der Waals surface area contributed by atoms with Gasteiger partial charge in [0.05, 0.1) is 5.69 Å². The van der Waals surface area contributed by atoms with Gasteiger partial charge in [-0.2, -0.15) is 0 Å². The van der Waals surface area contributed by atoms with Crippen LogP contribution in [0.15, 0.2) is 156 Å². The van der Waals surface area contributed by atoms with E-state index in [9.17, 15) is 0 Å². The molecule has 2 aliphatic carbocycles. The molecule has 0 unspecified atom stereocenters. The number of hydrogen-bond donors (Lipinski definition) is 1. The molecule has 3 nitrogen and oxygen atoms in total. The third-order valence-electron chi connectivity index (χ3n) is 16.9. The number of fused-ring (bicyclic) bond motifs is 8. The highest BCUT2D eigenvalue weighted by molar-refractivity contribution is 6.74. The van der Waals surface area contributed by atoms with E-state index in [0.29, 0.717) is 0 Å². The Kier molecular flexibility index (Phi) is 10.1. The average molecular weight is 912 g/mol. The van der Waals surface area contributed by atoms with Gasteiger partial charge < -0.3 is 14.6 Å². The minimum Gasteiger partial charge on any atom is -0.454 e. The summed E-state index contributed by atoms with van der Waals surface area (Å²) in [5, 5.41) is 6.33. The van der Waals surface area contributed by atoms with E-state index in [4.69, 9.17) is 4.42 Å². The quantitative estimate of drug-likeness (QED) is 0.169. The van der Waals surface area contributed by atoms with Crippen molar-refractivity contribution in [2.24, 2.45) is 0 Å². The Morgan fingerprint density at radius 1 is 0.457 bits per heavy atom. The molecule has 9 aromatic rings. The predicted octanol–water partition coefficient (Wildman–Crippen LogP) is 17.1. The number of aryl methyl sites for hydroxylation is 2. The van der Waals surface area contributed by atoms with Crippen molar-refractivity contribution in [1.29, 1.82) is 0 Å². The van der Waals surface area contributed by atoms with Gasteiger partial charge >= 0.3 is 0 Å². The molecule has 0 atom stereocenters. The lowest BCUT2D eigenvalue weighted by atomic mass is 9.57. The molecule has 0 amide bonds. The van der Waals surface area contributed by atoms with Crippen molar-refractivity contribution < 1.29 is 4.42 Å². The maximum absolute atomic E-state index is 7.20. The van der Waals surface area contributed by atoms with Crippen LogP contribution in [-0.2, 0) is 21.7 Å². The summed E-state index contributed by atoms with van der Waals surface area (Å²) in [5.74, 6) is 0. The molecule has 0 saturated carbocycles. The first kappa shape index (κ1) is 44.4. The minimum absolute atomic E-state index is 0.0154. The van der Waals surface area contributed by atoms with Crippen LogP contribution in [0.1, 0.15) is 114 Å². The molecule has 3 aliphatic rings. The number of para-hydroxylation sites is 1. The van der Waals surface area contributed by atoms with Gasteiger partial charge in [-0.1, -0.05) is 170 Å². The molecule has 1 radical (unpaired) electrons. The Morgan fingerprint density at radius 3 is 1.64 bits per heavy atom. The van der Waals surface area contributed by atoms with Crippen LogP contribution < -0.4 is 21.1 Å². The summed E-state index contributed by atoms with van der Waals surface area (Å²) in [7, 11) is 2.44. The number of furan rings is 1. The van der Waals surface area contributed by atoms with Crippen LogP contribution in [0.3, 0.4) is 0 Å². The number of rotatable bonds is 6. The highest BCUT2D eigenvalue weighted by Crippen LogP contribution is 2.53. The third kappa shape index (κ3) is 7.15. The molecule has 1 N–H and O–H groups in total. The summed E-state index contributed by atoms with van der Waals surface area (Å²) in [6, 6.07) is 56.7. The van der Waals surface area contributed by atoms with Gasteiger partial charge in [0.1, 0.15) is 5.58 Å². The van der Waals surface area contributed by atoms with Crippen LogP contribution in [0.2, 0.25) is 0 Å². The highest BCUT2D eigenvalue weighted by atomic mass is 16.3. The molecule has 2 heterocycles. The zero-order valence-electron chi connectivity index (χ0n) is 42.7. The molecular formula is C66H64BN2O. The van der Waals surface area contributed by atoms with Crippen LogP contribution in [0, 0.1) is 13.8 Å². The van der Waals surface area contributed by atoms with E-state index >= 15 is 0 Å². The molecule has 0 spiro atoms. The fourth-order valence-electron chi connectivity index (χ4n) is 12.3. The Labute approximate surface area is 416 Å². The van der Waals surface area contributed by atoms with Gasteiger partial charge in [-0.25, -0.2) is 0 Å². The monoisotopic (exact) mass is 912 g/mol. The Balaban J connectivity index is 1.16. The maximum atomic E-state index is 7.20. The largest absolute Gasteiger partial charge is 0.454 e. The number of nitrogens with one attached hydrogen (secondary N) is 1. The zero-order valence-corrected chi connectivity index (χ0v) is 42.7. The minimum atomic E-state index is 0.0154. The van der Waals surface area contributed by atoms with Crippen LogP contribution in [0.5, 0.6) is 0 Å². The van der Waals surface area contributed by atoms with Crippen LogP contribution >= 0.6 is 0 Å². The number of anilines is 5. The first-order valence-electron chi connectivity index (χ1n) is 25.6. The summed E-state index contributed by atoms with van der Waals surface area (Å²) in [4.78, 5) is 2.57. The third-order valence-corrected chi connectivity index (χ3v) is 16.9. The van der Waals surface area contributed by atoms with Crippen molar-refractivity contribution in [1.82, 2.24) is 0 Å². The van der Waals surface area contributed by atoms with Crippen LogP contribution in [-0.4, -0.2) is 7.28 Å². The second-order valence-corrected chi connectivity index (χ2v) is 23.5. The number of benzene rings is 8. The summed E-state index contributed by atoms with van der Waals surface area (Å²) in [6.07, 6.45) is 4.65. The standard InChI is InChI=1S/C66H64BN2O/c1-40-33-50-52(65(7,8)31-29-63(50,3)4)38-56(40)68-55-28-26-44(42-19-13-11-14-20-42)35-47(55)48-37-49-46-23-17-18-24-59(46)70-62(49)61-60(48)67-54-27-25-45(43-21-15-12-16-22-43)36-58(54)69(61)57-39-53-51(34-41(57)2)64(5,6)30-32-66(53,9)10/h11-28,33-39,68H,29-32H2,1-10H3. The SMILES string of the molecule is Cc1cc2c(cc1Nc1ccc(-c3ccccc3)cc1-c1cc3c(oc4ccccc43)c3c1[B]c1ccc(-c4ccccc4)cc1N3c1cc3c(cc1C)C(C)(C)CCC3(C)C)C(C)(C)CCC2(C)C. The first-order chi connectivity index (χ1) is 33.5. The molecule has 4 heteroatoms. The fourth-order valence-corrected chi connectivity index (χ4v) is 12.3. The van der Waals surface area contributed by atoms with Gasteiger partial charge in [0.25, 0.3) is 0 Å². The molecule has 12 rings (SSSR count). The zero-order chi connectivity index (χ0) is 48.5. The fraction of sp³-hybridized carbons (Fsp3) is 0.273. The van der Waals surface area contributed by atoms with E-state index in [1.165, 1.54) is 79.6 Å². The Morgan fingerprint density at radius 2 is 1.00 bits per heavy atom. The van der Waals surface area contributed by atoms with Crippen molar-refractivity contribution in [3.63, 3.8) is 0 Å². The molecule has 1 aromatic heterocycles. The molecule has 0 saturated heterocycles. The lowest BCUT2D eigenvalue weighted by Crippen LogP contribution is -2.41. The van der Waals surface area contributed by atoms with Crippen molar-refractivity contribution in [3.05, 3.63) is 185 Å². The Bertz CT molecular complexity index is 3570. The maximum Gasteiger partial charge on any atom is 0.198 e. The van der Waals surface area contributed by atoms with E-state index in [2.05, 4.69) is 238 Å². The summed E-state index contributed by atoms with van der Waals surface area (Å²) >= 11 is 0. The molecule has 347 valence electrons. The second-order valence-electron chi connectivity index (χ2n) is 23.5. The van der Waals surface area contributed by atoms with Crippen molar-refractivity contribution in [3.8, 4) is 33.4 Å². The summed E-state index contributed by atoms with van der Waals surface area (Å²) < 4.78 is 7.20. The van der Waals surface area contributed by atoms with Crippen LogP contribution in [0.25, 0.3) is 55.3 Å². The van der Waals surface area contributed by atoms with Crippen molar-refractivity contribution in [2.75, 3.05) is 10.2 Å². The lowest BCUT2D eigenvalue weighted by Gasteiger charge is -2.43. The summed E-state index contributed by atoms with van der Waals surface area (Å²) in [6.45, 7) is 24.0. The smallest absolute Gasteiger partial charge is 0.198 e. The first-order valence-corrected chi connectivity index (χ1v) is 25.6. The van der Waals surface area contributed by atoms with E-state index in [0.717, 1.165) is 74.1 Å².